The second-order valence-electron chi connectivity index (χ2n) is 4.09. The van der Waals surface area contributed by atoms with Gasteiger partial charge in [0.15, 0.2) is 0 Å². The number of aryl methyl sites for hydroxylation is 1. The van der Waals surface area contributed by atoms with Gasteiger partial charge < -0.3 is 15.2 Å². The molecule has 0 bridgehead atoms. The van der Waals surface area contributed by atoms with Gasteiger partial charge in [0.25, 0.3) is 0 Å². The molecule has 0 spiro atoms. The predicted molar refractivity (Wildman–Crippen MR) is 78.0 cm³/mol. The minimum atomic E-state index is -0.503. The summed E-state index contributed by atoms with van der Waals surface area (Å²) in [6.45, 7) is 4.33. The van der Waals surface area contributed by atoms with Crippen molar-refractivity contribution in [1.82, 2.24) is 4.98 Å². The first-order chi connectivity index (χ1) is 9.61. The van der Waals surface area contributed by atoms with Crippen LogP contribution in [0, 0.1) is 6.92 Å². The number of hydrogen-bond acceptors (Lipinski definition) is 6. The van der Waals surface area contributed by atoms with Crippen LogP contribution in [0.15, 0.2) is 23.6 Å². The van der Waals surface area contributed by atoms with Crippen molar-refractivity contribution in [2.24, 2.45) is 0 Å². The van der Waals surface area contributed by atoms with Gasteiger partial charge in [-0.15, -0.1) is 11.3 Å². The molecule has 1 aromatic carbocycles. The fourth-order valence-electron chi connectivity index (χ4n) is 1.73. The first kappa shape index (κ1) is 14.3. The predicted octanol–water partition coefficient (Wildman–Crippen LogP) is 2.79. The number of anilines is 1. The Kier molecular flexibility index (Phi) is 4.57. The number of rotatable bonds is 5. The fourth-order valence-corrected chi connectivity index (χ4v) is 2.33. The number of carbonyl (C=O) groups is 1. The molecule has 0 aliphatic heterocycles. The molecular formula is C14H16N2O3S. The van der Waals surface area contributed by atoms with Gasteiger partial charge in [-0.2, -0.15) is 0 Å². The summed E-state index contributed by atoms with van der Waals surface area (Å²) in [5, 5.41) is 2.80. The van der Waals surface area contributed by atoms with Crippen LogP contribution in [0.1, 0.15) is 28.0 Å². The summed E-state index contributed by atoms with van der Waals surface area (Å²) in [6, 6.07) is 5.08. The lowest BCUT2D eigenvalue weighted by molar-refractivity contribution is 0.0465. The van der Waals surface area contributed by atoms with Crippen molar-refractivity contribution in [1.29, 1.82) is 0 Å². The summed E-state index contributed by atoms with van der Waals surface area (Å²) in [4.78, 5) is 16.4. The van der Waals surface area contributed by atoms with Crippen LogP contribution >= 0.6 is 11.3 Å². The largest absolute Gasteiger partial charge is 0.493 e. The SMILES string of the molecule is CCOc1cccc(N)c1C(=O)OCc1csc(C)n1. The molecule has 6 heteroatoms. The molecule has 1 heterocycles. The van der Waals surface area contributed by atoms with Gasteiger partial charge >= 0.3 is 5.97 Å². The van der Waals surface area contributed by atoms with E-state index in [1.54, 1.807) is 18.2 Å². The summed E-state index contributed by atoms with van der Waals surface area (Å²) in [5.41, 5.74) is 7.17. The third-order valence-electron chi connectivity index (χ3n) is 2.58. The molecule has 0 aliphatic rings. The van der Waals surface area contributed by atoms with Gasteiger partial charge in [0.1, 0.15) is 17.9 Å². The second kappa shape index (κ2) is 6.38. The number of thiazole rings is 1. The molecule has 0 saturated carbocycles. The van der Waals surface area contributed by atoms with E-state index >= 15 is 0 Å². The lowest BCUT2D eigenvalue weighted by atomic mass is 10.1. The van der Waals surface area contributed by atoms with Gasteiger partial charge in [0.2, 0.25) is 0 Å². The molecule has 2 aromatic rings. The maximum absolute atomic E-state index is 12.1. The van der Waals surface area contributed by atoms with Crippen molar-refractivity contribution in [3.8, 4) is 5.75 Å². The maximum Gasteiger partial charge on any atom is 0.344 e. The third kappa shape index (κ3) is 3.27. The normalized spacial score (nSPS) is 10.3. The zero-order chi connectivity index (χ0) is 14.5. The highest BCUT2D eigenvalue weighted by atomic mass is 32.1. The molecule has 0 fully saturated rings. The van der Waals surface area contributed by atoms with Crippen LogP contribution < -0.4 is 10.5 Å². The summed E-state index contributed by atoms with van der Waals surface area (Å²) < 4.78 is 10.6. The van der Waals surface area contributed by atoms with Crippen molar-refractivity contribution in [3.63, 3.8) is 0 Å². The van der Waals surface area contributed by atoms with E-state index in [9.17, 15) is 4.79 Å². The summed E-state index contributed by atoms with van der Waals surface area (Å²) >= 11 is 1.51. The Balaban J connectivity index is 2.12. The molecule has 0 radical (unpaired) electrons. The first-order valence-electron chi connectivity index (χ1n) is 6.21. The summed E-state index contributed by atoms with van der Waals surface area (Å²) in [5.74, 6) is -0.0656. The van der Waals surface area contributed by atoms with Crippen LogP contribution in [-0.2, 0) is 11.3 Å². The van der Waals surface area contributed by atoms with Crippen molar-refractivity contribution in [2.45, 2.75) is 20.5 Å². The Morgan fingerprint density at radius 3 is 2.90 bits per heavy atom. The second-order valence-corrected chi connectivity index (χ2v) is 5.15. The smallest absolute Gasteiger partial charge is 0.344 e. The van der Waals surface area contributed by atoms with Gasteiger partial charge in [-0.3, -0.25) is 0 Å². The zero-order valence-corrected chi connectivity index (χ0v) is 12.2. The van der Waals surface area contributed by atoms with Gasteiger partial charge in [0, 0.05) is 11.1 Å². The molecule has 2 rings (SSSR count). The molecule has 106 valence electrons. The number of nitrogen functional groups attached to an aromatic ring is 1. The lowest BCUT2D eigenvalue weighted by Crippen LogP contribution is -2.11. The molecule has 2 N–H and O–H groups in total. The Morgan fingerprint density at radius 1 is 1.45 bits per heavy atom. The maximum atomic E-state index is 12.1. The van der Waals surface area contributed by atoms with Crippen molar-refractivity contribution in [2.75, 3.05) is 12.3 Å². The number of nitrogens with zero attached hydrogens (tertiary/aromatic N) is 1. The molecule has 0 atom stereocenters. The number of benzene rings is 1. The minimum Gasteiger partial charge on any atom is -0.493 e. The standard InChI is InChI=1S/C14H16N2O3S/c1-3-18-12-6-4-5-11(15)13(12)14(17)19-7-10-8-20-9(2)16-10/h4-6,8H,3,7,15H2,1-2H3. The number of carbonyl (C=O) groups excluding carboxylic acids is 1. The van der Waals surface area contributed by atoms with Crippen molar-refractivity contribution < 1.29 is 14.3 Å². The topological polar surface area (TPSA) is 74.4 Å². The van der Waals surface area contributed by atoms with Gasteiger partial charge in [-0.25, -0.2) is 9.78 Å². The van der Waals surface area contributed by atoms with E-state index in [-0.39, 0.29) is 12.2 Å². The molecule has 1 aromatic heterocycles. The molecule has 0 saturated heterocycles. The van der Waals surface area contributed by atoms with E-state index < -0.39 is 5.97 Å². The van der Waals surface area contributed by atoms with E-state index in [2.05, 4.69) is 4.98 Å². The van der Waals surface area contributed by atoms with E-state index in [1.807, 2.05) is 19.2 Å². The zero-order valence-electron chi connectivity index (χ0n) is 11.4. The van der Waals surface area contributed by atoms with Crippen LogP contribution in [0.2, 0.25) is 0 Å². The fraction of sp³-hybridized carbons (Fsp3) is 0.286. The van der Waals surface area contributed by atoms with Gasteiger partial charge in [-0.1, -0.05) is 6.07 Å². The minimum absolute atomic E-state index is 0.128. The van der Waals surface area contributed by atoms with Crippen LogP contribution in [0.4, 0.5) is 5.69 Å². The molecule has 0 unspecified atom stereocenters. The van der Waals surface area contributed by atoms with Crippen molar-refractivity contribution in [3.05, 3.63) is 39.8 Å². The van der Waals surface area contributed by atoms with E-state index in [4.69, 9.17) is 15.2 Å². The highest BCUT2D eigenvalue weighted by Gasteiger charge is 2.18. The Labute approximate surface area is 121 Å². The number of hydrogen-bond donors (Lipinski definition) is 1. The average molecular weight is 292 g/mol. The van der Waals surface area contributed by atoms with Gasteiger partial charge in [0.05, 0.1) is 17.3 Å². The Hall–Kier alpha value is -2.08. The molecule has 0 amide bonds. The van der Waals surface area contributed by atoms with E-state index in [0.717, 1.165) is 10.7 Å². The number of nitrogens with two attached hydrogens (primary N) is 1. The van der Waals surface area contributed by atoms with Crippen molar-refractivity contribution >= 4 is 23.0 Å². The summed E-state index contributed by atoms with van der Waals surface area (Å²) in [7, 11) is 0. The number of aromatic nitrogens is 1. The van der Waals surface area contributed by atoms with E-state index in [1.165, 1.54) is 11.3 Å². The lowest BCUT2D eigenvalue weighted by Gasteiger charge is -2.11. The molecule has 5 nitrogen and oxygen atoms in total. The highest BCUT2D eigenvalue weighted by Crippen LogP contribution is 2.25. The Bertz CT molecular complexity index is 610. The molecular weight excluding hydrogens is 276 g/mol. The van der Waals surface area contributed by atoms with Crippen LogP contribution in [-0.4, -0.2) is 17.6 Å². The first-order valence-corrected chi connectivity index (χ1v) is 7.09. The van der Waals surface area contributed by atoms with Crippen LogP contribution in [0.5, 0.6) is 5.75 Å². The molecule has 20 heavy (non-hydrogen) atoms. The highest BCUT2D eigenvalue weighted by molar-refractivity contribution is 7.09. The quantitative estimate of drug-likeness (QED) is 0.677. The Morgan fingerprint density at radius 2 is 2.25 bits per heavy atom. The monoisotopic (exact) mass is 292 g/mol. The van der Waals surface area contributed by atoms with E-state index in [0.29, 0.717) is 18.0 Å². The van der Waals surface area contributed by atoms with Crippen LogP contribution in [0.3, 0.4) is 0 Å². The number of esters is 1. The van der Waals surface area contributed by atoms with Gasteiger partial charge in [-0.05, 0) is 26.0 Å². The number of ether oxygens (including phenoxy) is 2. The third-order valence-corrected chi connectivity index (χ3v) is 3.40. The molecule has 0 aliphatic carbocycles. The van der Waals surface area contributed by atoms with Crippen LogP contribution in [0.25, 0.3) is 0 Å². The average Bonchev–Trinajstić information content (AvgIpc) is 2.82. The summed E-state index contributed by atoms with van der Waals surface area (Å²) in [6.07, 6.45) is 0.